The van der Waals surface area contributed by atoms with E-state index in [0.29, 0.717) is 0 Å². The van der Waals surface area contributed by atoms with E-state index in [2.05, 4.69) is 75.5 Å². The van der Waals surface area contributed by atoms with Crippen LogP contribution in [0.5, 0.6) is 5.75 Å². The minimum Gasteiger partial charge on any atom is -0.547 e. The van der Waals surface area contributed by atoms with Gasteiger partial charge in [-0.3, -0.25) is 0 Å². The van der Waals surface area contributed by atoms with Gasteiger partial charge in [-0.05, 0) is 65.7 Å². The average Bonchev–Trinajstić information content (AvgIpc) is 2.10. The van der Waals surface area contributed by atoms with Crippen LogP contribution in [-0.2, 0) is 5.41 Å². The molecular weight excluding hydrogens is 327 g/mol. The second kappa shape index (κ2) is 5.08. The van der Waals surface area contributed by atoms with Gasteiger partial charge in [0.2, 0.25) is 9.04 Å². The van der Waals surface area contributed by atoms with E-state index >= 15 is 0 Å². The van der Waals surface area contributed by atoms with Gasteiger partial charge in [-0.15, -0.1) is 0 Å². The van der Waals surface area contributed by atoms with Crippen LogP contribution in [0.1, 0.15) is 31.9 Å². The molecule has 0 aliphatic carbocycles. The molecule has 0 aliphatic heterocycles. The van der Waals surface area contributed by atoms with Gasteiger partial charge in [0, 0.05) is 9.13 Å². The van der Waals surface area contributed by atoms with Gasteiger partial charge in [0.25, 0.3) is 0 Å². The summed E-state index contributed by atoms with van der Waals surface area (Å²) in [4.78, 5) is 0. The van der Waals surface area contributed by atoms with Crippen molar-refractivity contribution in [3.05, 3.63) is 26.8 Å². The van der Waals surface area contributed by atoms with Crippen LogP contribution in [0.3, 0.4) is 0 Å². The molecule has 0 aromatic heterocycles. The topological polar surface area (TPSA) is 9.23 Å². The summed E-state index contributed by atoms with van der Waals surface area (Å²) in [6.45, 7) is 13.3. The second-order valence-electron chi connectivity index (χ2n) is 5.50. The molecule has 0 spiro atoms. The summed E-state index contributed by atoms with van der Waals surface area (Å²) in [6, 6.07) is 4.48. The molecule has 0 atom stereocenters. The van der Waals surface area contributed by atoms with Crippen LogP contribution in [-0.4, -0.2) is 9.04 Å². The first kappa shape index (κ1) is 14.0. The Balaban J connectivity index is 3.22. The van der Waals surface area contributed by atoms with Gasteiger partial charge in [-0.2, -0.15) is 0 Å². The molecule has 16 heavy (non-hydrogen) atoms. The smallest absolute Gasteiger partial charge is 0.229 e. The van der Waals surface area contributed by atoms with E-state index in [4.69, 9.17) is 4.43 Å². The standard InChI is InChI=1S/C13H21IOSi/c1-9-11(14)7-10(13(2,3)4)8-12(9)15-16(5)6/h7-8,16H,1-6H3. The third-order valence-electron chi connectivity index (χ3n) is 2.53. The predicted octanol–water partition coefficient (Wildman–Crippen LogP) is 4.26. The van der Waals surface area contributed by atoms with Crippen LogP contribution in [0.2, 0.25) is 13.1 Å². The highest BCUT2D eigenvalue weighted by Gasteiger charge is 2.17. The molecule has 90 valence electrons. The SMILES string of the molecule is Cc1c(I)cc(C(C)(C)C)cc1O[SiH](C)C. The highest BCUT2D eigenvalue weighted by molar-refractivity contribution is 14.1. The number of hydrogen-bond donors (Lipinski definition) is 0. The van der Waals surface area contributed by atoms with Crippen LogP contribution in [0.25, 0.3) is 0 Å². The Hall–Kier alpha value is -0.0331. The van der Waals surface area contributed by atoms with Crippen LogP contribution in [0.15, 0.2) is 12.1 Å². The van der Waals surface area contributed by atoms with Crippen LogP contribution in [0, 0.1) is 10.5 Å². The molecule has 1 aromatic rings. The molecule has 0 radical (unpaired) electrons. The Bertz CT molecular complexity index is 380. The molecule has 0 aliphatic rings. The Morgan fingerprint density at radius 1 is 1.19 bits per heavy atom. The fraction of sp³-hybridized carbons (Fsp3) is 0.538. The van der Waals surface area contributed by atoms with Gasteiger partial charge >= 0.3 is 0 Å². The van der Waals surface area contributed by atoms with Gasteiger partial charge in [0.15, 0.2) is 0 Å². The normalized spacial score (nSPS) is 12.0. The molecule has 0 bridgehead atoms. The number of benzene rings is 1. The van der Waals surface area contributed by atoms with Crippen LogP contribution >= 0.6 is 22.6 Å². The van der Waals surface area contributed by atoms with Crippen molar-refractivity contribution >= 4 is 31.6 Å². The molecule has 0 unspecified atom stereocenters. The molecule has 0 heterocycles. The third-order valence-corrected chi connectivity index (χ3v) is 4.37. The summed E-state index contributed by atoms with van der Waals surface area (Å²) in [6.07, 6.45) is 0. The maximum absolute atomic E-state index is 6.00. The lowest BCUT2D eigenvalue weighted by atomic mass is 9.86. The van der Waals surface area contributed by atoms with E-state index in [-0.39, 0.29) is 5.41 Å². The minimum absolute atomic E-state index is 0.185. The van der Waals surface area contributed by atoms with E-state index in [1.54, 1.807) is 0 Å². The number of hydrogen-bond acceptors (Lipinski definition) is 1. The summed E-state index contributed by atoms with van der Waals surface area (Å²) in [5.74, 6) is 1.08. The third kappa shape index (κ3) is 3.48. The first-order valence-electron chi connectivity index (χ1n) is 5.69. The molecule has 0 fully saturated rings. The van der Waals surface area contributed by atoms with Crippen molar-refractivity contribution in [1.82, 2.24) is 0 Å². The van der Waals surface area contributed by atoms with E-state index in [1.807, 2.05) is 0 Å². The number of halogens is 1. The summed E-state index contributed by atoms with van der Waals surface area (Å²) >= 11 is 2.40. The van der Waals surface area contributed by atoms with E-state index in [9.17, 15) is 0 Å². The van der Waals surface area contributed by atoms with Crippen molar-refractivity contribution in [1.29, 1.82) is 0 Å². The monoisotopic (exact) mass is 348 g/mol. The molecule has 1 rings (SSSR count). The molecular formula is C13H21IOSi. The van der Waals surface area contributed by atoms with Crippen molar-refractivity contribution in [3.63, 3.8) is 0 Å². The minimum atomic E-state index is -1.02. The zero-order chi connectivity index (χ0) is 12.5. The fourth-order valence-corrected chi connectivity index (χ4v) is 2.82. The Morgan fingerprint density at radius 2 is 1.75 bits per heavy atom. The van der Waals surface area contributed by atoms with Gasteiger partial charge in [0.05, 0.1) is 0 Å². The highest BCUT2D eigenvalue weighted by atomic mass is 127. The summed E-state index contributed by atoms with van der Waals surface area (Å²) < 4.78 is 7.30. The molecule has 1 nitrogen and oxygen atoms in total. The van der Waals surface area contributed by atoms with Crippen LogP contribution in [0.4, 0.5) is 0 Å². The van der Waals surface area contributed by atoms with Crippen molar-refractivity contribution in [2.45, 2.75) is 46.2 Å². The lowest BCUT2D eigenvalue weighted by Crippen LogP contribution is -2.16. The average molecular weight is 348 g/mol. The molecule has 0 saturated heterocycles. The Kier molecular flexibility index (Phi) is 4.46. The van der Waals surface area contributed by atoms with Gasteiger partial charge in [-0.1, -0.05) is 20.8 Å². The quantitative estimate of drug-likeness (QED) is 0.573. The van der Waals surface area contributed by atoms with E-state index in [1.165, 1.54) is 14.7 Å². The predicted molar refractivity (Wildman–Crippen MR) is 82.1 cm³/mol. The highest BCUT2D eigenvalue weighted by Crippen LogP contribution is 2.32. The van der Waals surface area contributed by atoms with Crippen molar-refractivity contribution < 1.29 is 4.43 Å². The van der Waals surface area contributed by atoms with Crippen LogP contribution < -0.4 is 4.43 Å². The van der Waals surface area contributed by atoms with Gasteiger partial charge < -0.3 is 4.43 Å². The Morgan fingerprint density at radius 3 is 2.19 bits per heavy atom. The molecule has 0 N–H and O–H groups in total. The maximum atomic E-state index is 6.00. The fourth-order valence-electron chi connectivity index (χ4n) is 1.46. The lowest BCUT2D eigenvalue weighted by Gasteiger charge is -2.23. The molecule has 0 saturated carbocycles. The summed E-state index contributed by atoms with van der Waals surface area (Å²) in [7, 11) is -1.02. The Labute approximate surface area is 114 Å². The van der Waals surface area contributed by atoms with Gasteiger partial charge in [-0.25, -0.2) is 0 Å². The second-order valence-corrected chi connectivity index (χ2v) is 8.99. The zero-order valence-electron chi connectivity index (χ0n) is 11.0. The largest absolute Gasteiger partial charge is 0.547 e. The molecule has 1 aromatic carbocycles. The zero-order valence-corrected chi connectivity index (χ0v) is 14.3. The first-order valence-corrected chi connectivity index (χ1v) is 9.55. The van der Waals surface area contributed by atoms with Gasteiger partial charge in [0.1, 0.15) is 5.75 Å². The first-order chi connectivity index (χ1) is 7.21. The van der Waals surface area contributed by atoms with E-state index in [0.717, 1.165) is 5.75 Å². The van der Waals surface area contributed by atoms with Crippen molar-refractivity contribution in [3.8, 4) is 5.75 Å². The molecule has 0 amide bonds. The van der Waals surface area contributed by atoms with E-state index < -0.39 is 9.04 Å². The number of rotatable bonds is 2. The van der Waals surface area contributed by atoms with Crippen molar-refractivity contribution in [2.24, 2.45) is 0 Å². The summed E-state index contributed by atoms with van der Waals surface area (Å²) in [5, 5.41) is 0. The van der Waals surface area contributed by atoms with Crippen molar-refractivity contribution in [2.75, 3.05) is 0 Å². The summed E-state index contributed by atoms with van der Waals surface area (Å²) in [5.41, 5.74) is 2.81. The molecule has 3 heteroatoms. The maximum Gasteiger partial charge on any atom is 0.229 e. The lowest BCUT2D eigenvalue weighted by molar-refractivity contribution is 0.556.